The van der Waals surface area contributed by atoms with Gasteiger partial charge in [0.05, 0.1) is 13.2 Å². The number of benzene rings is 1. The van der Waals surface area contributed by atoms with E-state index in [-0.39, 0.29) is 5.97 Å². The van der Waals surface area contributed by atoms with Crippen molar-refractivity contribution >= 4 is 23.2 Å². The number of nitrogens with zero attached hydrogens (tertiary/aromatic N) is 1. The first-order chi connectivity index (χ1) is 8.66. The van der Waals surface area contributed by atoms with Crippen LogP contribution in [0, 0.1) is 0 Å². The van der Waals surface area contributed by atoms with Crippen LogP contribution < -0.4 is 4.74 Å². The third-order valence-corrected chi connectivity index (χ3v) is 3.16. The first-order valence-corrected chi connectivity index (χ1v) is 6.23. The van der Waals surface area contributed by atoms with Crippen molar-refractivity contribution in [1.29, 1.82) is 0 Å². The molecular weight excluding hydrogens is 250 g/mol. The molecule has 0 atom stereocenters. The Bertz CT molecular complexity index is 438. The lowest BCUT2D eigenvalue weighted by atomic mass is 10.2. The van der Waals surface area contributed by atoms with E-state index < -0.39 is 0 Å². The highest BCUT2D eigenvalue weighted by molar-refractivity contribution is 7.80. The zero-order valence-corrected chi connectivity index (χ0v) is 11.0. The van der Waals surface area contributed by atoms with Crippen LogP contribution in [0.2, 0.25) is 0 Å². The quantitative estimate of drug-likeness (QED) is 0.461. The summed E-state index contributed by atoms with van der Waals surface area (Å²) in [6, 6.07) is 7.25. The molecule has 18 heavy (non-hydrogen) atoms. The molecule has 0 unspecified atom stereocenters. The average molecular weight is 265 g/mol. The molecule has 1 heterocycles. The van der Waals surface area contributed by atoms with E-state index in [1.54, 1.807) is 12.1 Å². The first kappa shape index (κ1) is 13.0. The Morgan fingerprint density at radius 1 is 1.28 bits per heavy atom. The van der Waals surface area contributed by atoms with Crippen LogP contribution in [0.4, 0.5) is 0 Å². The number of thiocarbonyl (C=S) groups is 1. The minimum atomic E-state index is -0.321. The molecule has 2 rings (SSSR count). The van der Waals surface area contributed by atoms with E-state index in [1.165, 1.54) is 6.92 Å². The molecule has 1 aliphatic rings. The monoisotopic (exact) mass is 265 g/mol. The summed E-state index contributed by atoms with van der Waals surface area (Å²) in [7, 11) is 0. The van der Waals surface area contributed by atoms with Gasteiger partial charge in [-0.05, 0) is 24.3 Å². The molecule has 0 bridgehead atoms. The van der Waals surface area contributed by atoms with Crippen LogP contribution in [0.5, 0.6) is 5.75 Å². The van der Waals surface area contributed by atoms with Gasteiger partial charge >= 0.3 is 5.97 Å². The molecule has 0 radical (unpaired) electrons. The number of hydrogen-bond acceptors (Lipinski definition) is 4. The van der Waals surface area contributed by atoms with Gasteiger partial charge in [0.1, 0.15) is 10.7 Å². The van der Waals surface area contributed by atoms with E-state index in [0.717, 1.165) is 23.6 Å². The molecule has 0 amide bonds. The van der Waals surface area contributed by atoms with Gasteiger partial charge in [0.15, 0.2) is 0 Å². The maximum absolute atomic E-state index is 10.8. The number of esters is 1. The predicted octanol–water partition coefficient (Wildman–Crippen LogP) is 1.62. The fraction of sp³-hybridized carbons (Fsp3) is 0.385. The molecule has 0 N–H and O–H groups in total. The Morgan fingerprint density at radius 3 is 2.44 bits per heavy atom. The summed E-state index contributed by atoms with van der Waals surface area (Å²) in [6.07, 6.45) is 0. The van der Waals surface area contributed by atoms with Crippen LogP contribution in [-0.4, -0.2) is 42.2 Å². The fourth-order valence-corrected chi connectivity index (χ4v) is 2.10. The molecule has 1 aromatic rings. The van der Waals surface area contributed by atoms with Gasteiger partial charge in [-0.1, -0.05) is 12.2 Å². The SMILES string of the molecule is CC(=O)Oc1ccc(C(=S)N2CCOCC2)cc1. The second-order valence-corrected chi connectivity index (χ2v) is 4.41. The Hall–Kier alpha value is -1.46. The maximum atomic E-state index is 10.8. The molecular formula is C13H15NO3S. The molecule has 0 spiro atoms. The maximum Gasteiger partial charge on any atom is 0.308 e. The predicted molar refractivity (Wildman–Crippen MR) is 71.8 cm³/mol. The van der Waals surface area contributed by atoms with Crippen molar-refractivity contribution in [3.05, 3.63) is 29.8 Å². The van der Waals surface area contributed by atoms with Crippen LogP contribution in [0.25, 0.3) is 0 Å². The Balaban J connectivity index is 2.04. The van der Waals surface area contributed by atoms with E-state index >= 15 is 0 Å². The minimum Gasteiger partial charge on any atom is -0.427 e. The zero-order chi connectivity index (χ0) is 13.0. The molecule has 1 saturated heterocycles. The molecule has 1 fully saturated rings. The minimum absolute atomic E-state index is 0.321. The van der Waals surface area contributed by atoms with E-state index in [0.29, 0.717) is 19.0 Å². The Kier molecular flexibility index (Phi) is 4.28. The number of carbonyl (C=O) groups is 1. The van der Waals surface area contributed by atoms with Crippen molar-refractivity contribution < 1.29 is 14.3 Å². The molecule has 1 aromatic carbocycles. The van der Waals surface area contributed by atoms with Crippen molar-refractivity contribution in [1.82, 2.24) is 4.90 Å². The third kappa shape index (κ3) is 3.27. The average Bonchev–Trinajstić information content (AvgIpc) is 2.39. The number of rotatable bonds is 2. The van der Waals surface area contributed by atoms with E-state index in [9.17, 15) is 4.79 Å². The number of morpholine rings is 1. The van der Waals surface area contributed by atoms with Gasteiger partial charge in [-0.2, -0.15) is 0 Å². The highest BCUT2D eigenvalue weighted by atomic mass is 32.1. The number of hydrogen-bond donors (Lipinski definition) is 0. The van der Waals surface area contributed by atoms with Gasteiger partial charge in [0, 0.05) is 25.6 Å². The van der Waals surface area contributed by atoms with Gasteiger partial charge in [0.25, 0.3) is 0 Å². The third-order valence-electron chi connectivity index (χ3n) is 2.66. The van der Waals surface area contributed by atoms with Crippen LogP contribution in [0.3, 0.4) is 0 Å². The van der Waals surface area contributed by atoms with Crippen molar-refractivity contribution in [2.75, 3.05) is 26.3 Å². The van der Waals surface area contributed by atoms with Gasteiger partial charge in [0.2, 0.25) is 0 Å². The van der Waals surface area contributed by atoms with Gasteiger partial charge in [-0.15, -0.1) is 0 Å². The lowest BCUT2D eigenvalue weighted by Gasteiger charge is -2.29. The van der Waals surface area contributed by atoms with E-state index in [2.05, 4.69) is 4.90 Å². The van der Waals surface area contributed by atoms with Crippen LogP contribution in [-0.2, 0) is 9.53 Å². The van der Waals surface area contributed by atoms with Crippen molar-refractivity contribution in [2.45, 2.75) is 6.92 Å². The molecule has 4 nitrogen and oxygen atoms in total. The summed E-state index contributed by atoms with van der Waals surface area (Å²) in [4.78, 5) is 13.7. The Morgan fingerprint density at radius 2 is 1.89 bits per heavy atom. The first-order valence-electron chi connectivity index (χ1n) is 5.82. The van der Waals surface area contributed by atoms with Crippen LogP contribution in [0.15, 0.2) is 24.3 Å². The summed E-state index contributed by atoms with van der Waals surface area (Å²) in [5.74, 6) is 0.217. The van der Waals surface area contributed by atoms with Gasteiger partial charge < -0.3 is 14.4 Å². The number of ether oxygens (including phenoxy) is 2. The van der Waals surface area contributed by atoms with Gasteiger partial charge in [-0.3, -0.25) is 4.79 Å². The van der Waals surface area contributed by atoms with Crippen molar-refractivity contribution in [3.63, 3.8) is 0 Å². The standard InChI is InChI=1S/C13H15NO3S/c1-10(15)17-12-4-2-11(3-5-12)13(18)14-6-8-16-9-7-14/h2-5H,6-9H2,1H3. The normalized spacial score (nSPS) is 15.3. The zero-order valence-electron chi connectivity index (χ0n) is 10.2. The molecule has 0 saturated carbocycles. The highest BCUT2D eigenvalue weighted by Gasteiger charge is 2.15. The van der Waals surface area contributed by atoms with E-state index in [4.69, 9.17) is 21.7 Å². The summed E-state index contributed by atoms with van der Waals surface area (Å²) in [5.41, 5.74) is 0.961. The number of carbonyl (C=O) groups excluding carboxylic acids is 1. The summed E-state index contributed by atoms with van der Waals surface area (Å²) < 4.78 is 10.3. The van der Waals surface area contributed by atoms with Crippen molar-refractivity contribution in [3.8, 4) is 5.75 Å². The van der Waals surface area contributed by atoms with Crippen LogP contribution in [0.1, 0.15) is 12.5 Å². The molecule has 0 aliphatic carbocycles. The lowest BCUT2D eigenvalue weighted by Crippen LogP contribution is -2.40. The summed E-state index contributed by atoms with van der Waals surface area (Å²) in [6.45, 7) is 4.46. The largest absolute Gasteiger partial charge is 0.427 e. The molecule has 96 valence electrons. The summed E-state index contributed by atoms with van der Waals surface area (Å²) in [5, 5.41) is 0. The second-order valence-electron chi connectivity index (χ2n) is 4.02. The van der Waals surface area contributed by atoms with E-state index in [1.807, 2.05) is 12.1 Å². The lowest BCUT2D eigenvalue weighted by molar-refractivity contribution is -0.131. The fourth-order valence-electron chi connectivity index (χ4n) is 1.78. The smallest absolute Gasteiger partial charge is 0.308 e. The van der Waals surface area contributed by atoms with Crippen molar-refractivity contribution in [2.24, 2.45) is 0 Å². The van der Waals surface area contributed by atoms with Crippen LogP contribution >= 0.6 is 12.2 Å². The highest BCUT2D eigenvalue weighted by Crippen LogP contribution is 2.15. The Labute approximate surface area is 111 Å². The molecule has 5 heteroatoms. The molecule has 0 aromatic heterocycles. The topological polar surface area (TPSA) is 38.8 Å². The summed E-state index contributed by atoms with van der Waals surface area (Å²) >= 11 is 5.43. The second kappa shape index (κ2) is 5.93. The molecule has 1 aliphatic heterocycles. The van der Waals surface area contributed by atoms with Gasteiger partial charge in [-0.25, -0.2) is 0 Å².